The standard InChI is InChI=1S/C30H41NO9/c1-17-13-21-20-8-7-18-14-19(32)9-11-28(18,2)27(20)22(33)15-29(21,3)30(17,39)23(34)16-40-26(38)10-12-31-24(35)5-4-6-25(36)37/h9,11,14,17,20-22,27,33,39H,4-8,10,12-13,15-16H2,1-3H3,(H,31,35)(H,36,37)/t17-,20+,21?,22+,27?,28+,29+,30+/m1/s1. The second kappa shape index (κ2) is 11.2. The number of ether oxygens (including phenoxy) is 1. The van der Waals surface area contributed by atoms with Crippen molar-refractivity contribution in [2.45, 2.75) is 83.8 Å². The second-order valence-electron chi connectivity index (χ2n) is 12.5. The van der Waals surface area contributed by atoms with Crippen LogP contribution in [0.1, 0.15) is 72.1 Å². The number of rotatable bonds is 10. The second-order valence-corrected chi connectivity index (χ2v) is 12.5. The number of hydrogen-bond donors (Lipinski definition) is 4. The van der Waals surface area contributed by atoms with Gasteiger partial charge in [-0.3, -0.25) is 24.0 Å². The van der Waals surface area contributed by atoms with E-state index in [0.717, 1.165) is 18.4 Å². The molecular weight excluding hydrogens is 518 g/mol. The quantitative estimate of drug-likeness (QED) is 0.293. The average Bonchev–Trinajstić information content (AvgIpc) is 3.08. The molecule has 4 N–H and O–H groups in total. The van der Waals surface area contributed by atoms with Gasteiger partial charge in [0.05, 0.1) is 12.5 Å². The Morgan fingerprint density at radius 2 is 1.88 bits per heavy atom. The van der Waals surface area contributed by atoms with Gasteiger partial charge >= 0.3 is 11.9 Å². The van der Waals surface area contributed by atoms with E-state index in [2.05, 4.69) is 12.2 Å². The van der Waals surface area contributed by atoms with E-state index in [1.54, 1.807) is 12.2 Å². The van der Waals surface area contributed by atoms with Crippen molar-refractivity contribution in [3.63, 3.8) is 0 Å². The fourth-order valence-electron chi connectivity index (χ4n) is 8.37. The number of aliphatic hydroxyl groups excluding tert-OH is 1. The lowest BCUT2D eigenvalue weighted by molar-refractivity contribution is -0.186. The molecule has 4 aliphatic rings. The molecule has 0 aromatic carbocycles. The summed E-state index contributed by atoms with van der Waals surface area (Å²) >= 11 is 0. The first-order valence-corrected chi connectivity index (χ1v) is 14.3. The van der Waals surface area contributed by atoms with Gasteiger partial charge in [-0.1, -0.05) is 32.4 Å². The number of carbonyl (C=O) groups is 5. The van der Waals surface area contributed by atoms with E-state index in [1.807, 2.05) is 19.9 Å². The summed E-state index contributed by atoms with van der Waals surface area (Å²) in [5.41, 5.74) is -2.11. The van der Waals surface area contributed by atoms with Crippen molar-refractivity contribution >= 4 is 29.4 Å². The minimum Gasteiger partial charge on any atom is -0.481 e. The van der Waals surface area contributed by atoms with Crippen LogP contribution in [-0.2, 0) is 28.7 Å². The molecule has 0 saturated heterocycles. The van der Waals surface area contributed by atoms with Gasteiger partial charge < -0.3 is 25.4 Å². The first-order chi connectivity index (χ1) is 18.7. The van der Waals surface area contributed by atoms with E-state index >= 15 is 0 Å². The summed E-state index contributed by atoms with van der Waals surface area (Å²) in [5, 5.41) is 34.6. The van der Waals surface area contributed by atoms with E-state index < -0.39 is 52.8 Å². The molecule has 0 spiro atoms. The van der Waals surface area contributed by atoms with Crippen LogP contribution < -0.4 is 5.32 Å². The van der Waals surface area contributed by atoms with Crippen LogP contribution in [-0.4, -0.2) is 69.6 Å². The van der Waals surface area contributed by atoms with Crippen LogP contribution >= 0.6 is 0 Å². The largest absolute Gasteiger partial charge is 0.481 e. The Hall–Kier alpha value is -2.85. The van der Waals surface area contributed by atoms with E-state index in [4.69, 9.17) is 9.84 Å². The lowest BCUT2D eigenvalue weighted by Gasteiger charge is -2.59. The average molecular weight is 560 g/mol. The Labute approximate surface area is 234 Å². The molecule has 40 heavy (non-hydrogen) atoms. The first-order valence-electron chi connectivity index (χ1n) is 14.3. The first kappa shape index (κ1) is 30.1. The van der Waals surface area contributed by atoms with E-state index in [0.29, 0.717) is 6.42 Å². The maximum Gasteiger partial charge on any atom is 0.308 e. The molecular formula is C30H41NO9. The molecule has 0 aliphatic heterocycles. The van der Waals surface area contributed by atoms with Gasteiger partial charge in [-0.15, -0.1) is 0 Å². The van der Waals surface area contributed by atoms with Crippen LogP contribution in [0.2, 0.25) is 0 Å². The molecule has 8 atom stereocenters. The molecule has 220 valence electrons. The third-order valence-electron chi connectivity index (χ3n) is 10.3. The zero-order chi connectivity index (χ0) is 29.5. The SMILES string of the molecule is C[C@@H]1CC2[C@@H]3CCC4=CC(=O)C=C[C@]4(C)C3[C@@H](O)C[C@]2(C)[C@@]1(O)C(=O)COC(=O)CCNC(=O)CCCC(=O)O. The van der Waals surface area contributed by atoms with Crippen LogP contribution in [0.25, 0.3) is 0 Å². The molecule has 0 aromatic rings. The molecule has 0 aromatic heterocycles. The molecule has 10 heteroatoms. The minimum atomic E-state index is -1.78. The van der Waals surface area contributed by atoms with Crippen molar-refractivity contribution in [2.24, 2.45) is 34.5 Å². The molecule has 3 saturated carbocycles. The van der Waals surface area contributed by atoms with Gasteiger partial charge in [0.15, 0.2) is 12.4 Å². The molecule has 4 rings (SSSR count). The number of amides is 1. The van der Waals surface area contributed by atoms with Crippen LogP contribution in [0, 0.1) is 34.5 Å². The predicted octanol–water partition coefficient (Wildman–Crippen LogP) is 2.12. The molecule has 4 aliphatic carbocycles. The Bertz CT molecular complexity index is 1140. The van der Waals surface area contributed by atoms with E-state index in [9.17, 15) is 34.2 Å². The predicted molar refractivity (Wildman–Crippen MR) is 143 cm³/mol. The fourth-order valence-corrected chi connectivity index (χ4v) is 8.37. The number of esters is 1. The van der Waals surface area contributed by atoms with Crippen molar-refractivity contribution in [1.29, 1.82) is 0 Å². The highest BCUT2D eigenvalue weighted by molar-refractivity contribution is 6.01. The highest BCUT2D eigenvalue weighted by Crippen LogP contribution is 2.68. The summed E-state index contributed by atoms with van der Waals surface area (Å²) in [5.74, 6) is -3.19. The zero-order valence-corrected chi connectivity index (χ0v) is 23.5. The minimum absolute atomic E-state index is 0.0100. The van der Waals surface area contributed by atoms with Gasteiger partial charge in [0, 0.05) is 36.1 Å². The van der Waals surface area contributed by atoms with Crippen molar-refractivity contribution in [1.82, 2.24) is 5.32 Å². The summed E-state index contributed by atoms with van der Waals surface area (Å²) in [6.45, 7) is 5.16. The van der Waals surface area contributed by atoms with Gasteiger partial charge in [0.2, 0.25) is 11.7 Å². The van der Waals surface area contributed by atoms with Crippen LogP contribution in [0.15, 0.2) is 23.8 Å². The van der Waals surface area contributed by atoms with Gasteiger partial charge in [0.1, 0.15) is 5.60 Å². The third-order valence-corrected chi connectivity index (χ3v) is 10.3. The van der Waals surface area contributed by atoms with Gasteiger partial charge in [-0.25, -0.2) is 0 Å². The number of fused-ring (bicyclic) bond motifs is 5. The number of ketones is 2. The number of aliphatic carboxylic acids is 1. The highest BCUT2D eigenvalue weighted by atomic mass is 16.5. The summed E-state index contributed by atoms with van der Waals surface area (Å²) < 4.78 is 5.19. The lowest BCUT2D eigenvalue weighted by atomic mass is 9.46. The number of hydrogen-bond acceptors (Lipinski definition) is 8. The topological polar surface area (TPSA) is 167 Å². The molecule has 10 nitrogen and oxygen atoms in total. The van der Waals surface area contributed by atoms with Crippen molar-refractivity contribution in [2.75, 3.05) is 13.2 Å². The van der Waals surface area contributed by atoms with Crippen molar-refractivity contribution in [3.8, 4) is 0 Å². The monoisotopic (exact) mass is 559 g/mol. The highest BCUT2D eigenvalue weighted by Gasteiger charge is 2.70. The lowest BCUT2D eigenvalue weighted by Crippen LogP contribution is -2.62. The number of carboxylic acid groups (broad SMARTS) is 1. The third kappa shape index (κ3) is 5.16. The number of carbonyl (C=O) groups excluding carboxylic acids is 4. The van der Waals surface area contributed by atoms with Gasteiger partial charge in [-0.2, -0.15) is 0 Å². The van der Waals surface area contributed by atoms with Crippen molar-refractivity contribution in [3.05, 3.63) is 23.8 Å². The zero-order valence-electron chi connectivity index (χ0n) is 23.5. The Morgan fingerprint density at radius 1 is 1.15 bits per heavy atom. The maximum atomic E-state index is 13.5. The Morgan fingerprint density at radius 3 is 2.58 bits per heavy atom. The summed E-state index contributed by atoms with van der Waals surface area (Å²) in [6.07, 6.45) is 6.64. The number of nitrogens with one attached hydrogen (secondary N) is 1. The van der Waals surface area contributed by atoms with Crippen molar-refractivity contribution < 1.29 is 44.0 Å². The van der Waals surface area contributed by atoms with Crippen LogP contribution in [0.5, 0.6) is 0 Å². The summed E-state index contributed by atoms with van der Waals surface area (Å²) in [6, 6.07) is 0. The summed E-state index contributed by atoms with van der Waals surface area (Å²) in [7, 11) is 0. The molecule has 0 bridgehead atoms. The number of allylic oxidation sites excluding steroid dienone is 4. The molecule has 0 heterocycles. The van der Waals surface area contributed by atoms with Gasteiger partial charge in [0.25, 0.3) is 0 Å². The number of Topliss-reactive ketones (excluding diaryl/α,β-unsaturated/α-hetero) is 1. The molecule has 1 amide bonds. The normalized spacial score (nSPS) is 38.0. The molecule has 0 radical (unpaired) electrons. The van der Waals surface area contributed by atoms with E-state index in [-0.39, 0.29) is 68.1 Å². The van der Waals surface area contributed by atoms with Crippen LogP contribution in [0.3, 0.4) is 0 Å². The maximum absolute atomic E-state index is 13.5. The van der Waals surface area contributed by atoms with Crippen LogP contribution in [0.4, 0.5) is 0 Å². The summed E-state index contributed by atoms with van der Waals surface area (Å²) in [4.78, 5) is 60.1. The number of carboxylic acids is 1. The molecule has 3 fully saturated rings. The number of aliphatic hydroxyl groups is 2. The fraction of sp³-hybridized carbons (Fsp3) is 0.700. The Kier molecular flexibility index (Phi) is 8.43. The molecule has 2 unspecified atom stereocenters. The van der Waals surface area contributed by atoms with E-state index in [1.165, 1.54) is 0 Å². The van der Waals surface area contributed by atoms with Gasteiger partial charge in [-0.05, 0) is 62.0 Å². The Balaban J connectivity index is 1.38. The smallest absolute Gasteiger partial charge is 0.308 e.